The summed E-state index contributed by atoms with van der Waals surface area (Å²) < 4.78 is 0. The first-order chi connectivity index (χ1) is 15.2. The van der Waals surface area contributed by atoms with Crippen LogP contribution in [0.15, 0.2) is 79.1 Å². The number of amides is 3. The largest absolute Gasteiger partial charge is 0.322 e. The van der Waals surface area contributed by atoms with Crippen LogP contribution in [0.1, 0.15) is 15.9 Å². The maximum absolute atomic E-state index is 12.6. The number of carbonyl (C=O) groups is 2. The Morgan fingerprint density at radius 2 is 1.52 bits per heavy atom. The van der Waals surface area contributed by atoms with E-state index in [0.717, 1.165) is 25.3 Å². The van der Waals surface area contributed by atoms with Gasteiger partial charge in [0.2, 0.25) is 0 Å². The van der Waals surface area contributed by atoms with Crippen molar-refractivity contribution in [2.24, 2.45) is 0 Å². The molecule has 7 heteroatoms. The van der Waals surface area contributed by atoms with Gasteiger partial charge in [0, 0.05) is 62.1 Å². The Morgan fingerprint density at radius 1 is 0.806 bits per heavy atom. The van der Waals surface area contributed by atoms with E-state index in [-0.39, 0.29) is 11.9 Å². The minimum absolute atomic E-state index is 0.123. The Morgan fingerprint density at radius 3 is 2.19 bits per heavy atom. The highest BCUT2D eigenvalue weighted by molar-refractivity contribution is 6.04. The molecule has 31 heavy (non-hydrogen) atoms. The number of anilines is 2. The van der Waals surface area contributed by atoms with Crippen molar-refractivity contribution in [2.75, 3.05) is 36.8 Å². The molecule has 1 aliphatic heterocycles. The van der Waals surface area contributed by atoms with E-state index in [4.69, 9.17) is 0 Å². The number of hydrogen-bond donors (Lipinski definition) is 2. The minimum Gasteiger partial charge on any atom is -0.322 e. The van der Waals surface area contributed by atoms with Crippen LogP contribution in [0.25, 0.3) is 0 Å². The summed E-state index contributed by atoms with van der Waals surface area (Å²) >= 11 is 0. The van der Waals surface area contributed by atoms with Crippen LogP contribution in [0.4, 0.5) is 16.2 Å². The fourth-order valence-corrected chi connectivity index (χ4v) is 3.49. The fraction of sp³-hybridized carbons (Fsp3) is 0.208. The SMILES string of the molecule is O=C(Nc1ccccc1)c1ccc(NC(=O)N2CCN(Cc3cccnc3)CC2)cc1. The molecule has 2 heterocycles. The molecule has 1 aliphatic rings. The van der Waals surface area contributed by atoms with Gasteiger partial charge < -0.3 is 15.5 Å². The highest BCUT2D eigenvalue weighted by atomic mass is 16.2. The number of rotatable bonds is 5. The third kappa shape index (κ3) is 5.67. The second kappa shape index (κ2) is 9.86. The zero-order valence-corrected chi connectivity index (χ0v) is 17.2. The lowest BCUT2D eigenvalue weighted by molar-refractivity contribution is 0.102. The normalized spacial score (nSPS) is 14.1. The quantitative estimate of drug-likeness (QED) is 0.666. The van der Waals surface area contributed by atoms with Gasteiger partial charge in [-0.2, -0.15) is 0 Å². The third-order valence-corrected chi connectivity index (χ3v) is 5.22. The molecule has 158 valence electrons. The Bertz CT molecular complexity index is 1000. The van der Waals surface area contributed by atoms with E-state index in [1.54, 1.807) is 30.5 Å². The van der Waals surface area contributed by atoms with Gasteiger partial charge in [0.15, 0.2) is 0 Å². The minimum atomic E-state index is -0.186. The highest BCUT2D eigenvalue weighted by Gasteiger charge is 2.21. The van der Waals surface area contributed by atoms with Gasteiger partial charge in [0.1, 0.15) is 0 Å². The molecular weight excluding hydrogens is 390 g/mol. The van der Waals surface area contributed by atoms with Crippen LogP contribution >= 0.6 is 0 Å². The standard InChI is InChI=1S/C24H25N5O2/c30-23(26-21-6-2-1-3-7-21)20-8-10-22(11-9-20)27-24(31)29-15-13-28(14-16-29)18-19-5-4-12-25-17-19/h1-12,17H,13-16,18H2,(H,26,30)(H,27,31). The molecule has 2 N–H and O–H groups in total. The first kappa shape index (κ1) is 20.6. The number of aromatic nitrogens is 1. The summed E-state index contributed by atoms with van der Waals surface area (Å²) in [6.45, 7) is 3.82. The van der Waals surface area contributed by atoms with Crippen LogP contribution in [0.2, 0.25) is 0 Å². The predicted molar refractivity (Wildman–Crippen MR) is 121 cm³/mol. The highest BCUT2D eigenvalue weighted by Crippen LogP contribution is 2.14. The molecule has 0 bridgehead atoms. The molecule has 1 fully saturated rings. The number of pyridine rings is 1. The molecule has 2 aromatic carbocycles. The fourth-order valence-electron chi connectivity index (χ4n) is 3.49. The zero-order valence-electron chi connectivity index (χ0n) is 17.2. The van der Waals surface area contributed by atoms with Gasteiger partial charge in [-0.05, 0) is 48.0 Å². The lowest BCUT2D eigenvalue weighted by atomic mass is 10.2. The number of para-hydroxylation sites is 1. The molecule has 0 radical (unpaired) electrons. The molecule has 1 saturated heterocycles. The number of carbonyl (C=O) groups excluding carboxylic acids is 2. The van der Waals surface area contributed by atoms with E-state index in [1.807, 2.05) is 47.5 Å². The summed E-state index contributed by atoms with van der Waals surface area (Å²) in [6.07, 6.45) is 3.65. The Hall–Kier alpha value is -3.71. The molecule has 0 unspecified atom stereocenters. The van der Waals surface area contributed by atoms with E-state index in [9.17, 15) is 9.59 Å². The summed E-state index contributed by atoms with van der Waals surface area (Å²) in [5.41, 5.74) is 3.12. The molecule has 3 amide bonds. The zero-order chi connectivity index (χ0) is 21.5. The molecule has 4 rings (SSSR count). The number of hydrogen-bond acceptors (Lipinski definition) is 4. The van der Waals surface area contributed by atoms with E-state index in [2.05, 4.69) is 26.6 Å². The van der Waals surface area contributed by atoms with Crippen molar-refractivity contribution in [3.63, 3.8) is 0 Å². The number of piperazine rings is 1. The van der Waals surface area contributed by atoms with E-state index in [0.29, 0.717) is 24.3 Å². The first-order valence-electron chi connectivity index (χ1n) is 10.3. The van der Waals surface area contributed by atoms with Crippen molar-refractivity contribution in [3.8, 4) is 0 Å². The summed E-state index contributed by atoms with van der Waals surface area (Å²) in [6, 6.07) is 20.1. The van der Waals surface area contributed by atoms with Gasteiger partial charge in [0.25, 0.3) is 5.91 Å². The summed E-state index contributed by atoms with van der Waals surface area (Å²) in [5, 5.41) is 5.77. The Labute approximate surface area is 181 Å². The van der Waals surface area contributed by atoms with Crippen LogP contribution in [0.5, 0.6) is 0 Å². The second-order valence-corrected chi connectivity index (χ2v) is 7.45. The van der Waals surface area contributed by atoms with Crippen molar-refractivity contribution in [2.45, 2.75) is 6.54 Å². The van der Waals surface area contributed by atoms with Crippen molar-refractivity contribution < 1.29 is 9.59 Å². The monoisotopic (exact) mass is 415 g/mol. The van der Waals surface area contributed by atoms with Gasteiger partial charge in [-0.3, -0.25) is 14.7 Å². The van der Waals surface area contributed by atoms with Crippen LogP contribution in [0, 0.1) is 0 Å². The molecule has 3 aromatic rings. The number of urea groups is 1. The third-order valence-electron chi connectivity index (χ3n) is 5.22. The Kier molecular flexibility index (Phi) is 6.54. The second-order valence-electron chi connectivity index (χ2n) is 7.45. The molecule has 0 aliphatic carbocycles. The van der Waals surface area contributed by atoms with Crippen LogP contribution in [-0.2, 0) is 6.54 Å². The average molecular weight is 415 g/mol. The molecule has 1 aromatic heterocycles. The van der Waals surface area contributed by atoms with E-state index in [1.165, 1.54) is 5.56 Å². The molecular formula is C24H25N5O2. The first-order valence-corrected chi connectivity index (χ1v) is 10.3. The van der Waals surface area contributed by atoms with Crippen molar-refractivity contribution >= 4 is 23.3 Å². The molecule has 0 spiro atoms. The van der Waals surface area contributed by atoms with E-state index >= 15 is 0 Å². The van der Waals surface area contributed by atoms with Gasteiger partial charge in [-0.1, -0.05) is 24.3 Å². The van der Waals surface area contributed by atoms with Crippen LogP contribution < -0.4 is 10.6 Å². The lowest BCUT2D eigenvalue weighted by Crippen LogP contribution is -2.49. The molecule has 7 nitrogen and oxygen atoms in total. The van der Waals surface area contributed by atoms with Gasteiger partial charge >= 0.3 is 6.03 Å². The van der Waals surface area contributed by atoms with Gasteiger partial charge in [-0.25, -0.2) is 4.79 Å². The van der Waals surface area contributed by atoms with Crippen molar-refractivity contribution in [1.82, 2.24) is 14.8 Å². The van der Waals surface area contributed by atoms with Gasteiger partial charge in [0.05, 0.1) is 0 Å². The van der Waals surface area contributed by atoms with Crippen molar-refractivity contribution in [1.29, 1.82) is 0 Å². The summed E-state index contributed by atoms with van der Waals surface area (Å²) in [5.74, 6) is -0.186. The topological polar surface area (TPSA) is 77.6 Å². The summed E-state index contributed by atoms with van der Waals surface area (Å²) in [7, 11) is 0. The van der Waals surface area contributed by atoms with Crippen LogP contribution in [0.3, 0.4) is 0 Å². The smallest absolute Gasteiger partial charge is 0.321 e. The van der Waals surface area contributed by atoms with E-state index < -0.39 is 0 Å². The maximum atomic E-state index is 12.6. The number of nitrogens with one attached hydrogen (secondary N) is 2. The molecule has 0 atom stereocenters. The summed E-state index contributed by atoms with van der Waals surface area (Å²) in [4.78, 5) is 33.2. The number of nitrogens with zero attached hydrogens (tertiary/aromatic N) is 3. The lowest BCUT2D eigenvalue weighted by Gasteiger charge is -2.34. The van der Waals surface area contributed by atoms with Crippen LogP contribution in [-0.4, -0.2) is 52.9 Å². The van der Waals surface area contributed by atoms with Crippen molar-refractivity contribution in [3.05, 3.63) is 90.3 Å². The van der Waals surface area contributed by atoms with Gasteiger partial charge in [-0.15, -0.1) is 0 Å². The average Bonchev–Trinajstić information content (AvgIpc) is 2.81. The predicted octanol–water partition coefficient (Wildman–Crippen LogP) is 3.68. The maximum Gasteiger partial charge on any atom is 0.321 e. The Balaban J connectivity index is 1.26. The number of benzene rings is 2. The molecule has 0 saturated carbocycles.